The summed E-state index contributed by atoms with van der Waals surface area (Å²) in [5, 5.41) is 3.05. The smallest absolute Gasteiger partial charge is 0.275 e. The summed E-state index contributed by atoms with van der Waals surface area (Å²) in [6.07, 6.45) is 0.975. The molecule has 2 rings (SSSR count). The van der Waals surface area contributed by atoms with Crippen LogP contribution < -0.4 is 19.9 Å². The maximum Gasteiger partial charge on any atom is 0.275 e. The van der Waals surface area contributed by atoms with Crippen LogP contribution in [0.4, 0.5) is 5.69 Å². The number of anilines is 1. The first-order chi connectivity index (χ1) is 11.1. The van der Waals surface area contributed by atoms with Gasteiger partial charge in [-0.15, -0.1) is 0 Å². The molecule has 0 aliphatic carbocycles. The molecular weight excluding hydrogens is 290 g/mol. The summed E-state index contributed by atoms with van der Waals surface area (Å²) in [7, 11) is 0. The van der Waals surface area contributed by atoms with Crippen molar-refractivity contribution in [1.29, 1.82) is 0 Å². The van der Waals surface area contributed by atoms with Gasteiger partial charge in [0.15, 0.2) is 6.54 Å². The van der Waals surface area contributed by atoms with Gasteiger partial charge < -0.3 is 19.9 Å². The molecule has 2 N–H and O–H groups in total. The number of benzene rings is 1. The first kappa shape index (κ1) is 17.6. The fraction of sp³-hybridized carbons (Fsp3) is 0.611. The van der Waals surface area contributed by atoms with Crippen molar-refractivity contribution in [3.8, 4) is 5.75 Å². The predicted octanol–water partition coefficient (Wildman–Crippen LogP) is 0.705. The molecule has 0 unspecified atom stereocenters. The van der Waals surface area contributed by atoms with E-state index in [0.717, 1.165) is 44.0 Å². The number of carbonyl (C=O) groups excluding carboxylic acids is 1. The van der Waals surface area contributed by atoms with Gasteiger partial charge >= 0.3 is 0 Å². The minimum Gasteiger partial charge on any atom is -0.492 e. The quantitative estimate of drug-likeness (QED) is 0.778. The van der Waals surface area contributed by atoms with E-state index in [9.17, 15) is 4.79 Å². The van der Waals surface area contributed by atoms with Crippen LogP contribution in [-0.4, -0.2) is 51.3 Å². The third kappa shape index (κ3) is 5.13. The van der Waals surface area contributed by atoms with E-state index < -0.39 is 0 Å². The highest BCUT2D eigenvalue weighted by Gasteiger charge is 2.24. The monoisotopic (exact) mass is 320 g/mol. The average Bonchev–Trinajstić information content (AvgIpc) is 2.56. The Morgan fingerprint density at radius 3 is 2.65 bits per heavy atom. The third-order valence-corrected chi connectivity index (χ3v) is 4.41. The molecular formula is C18H30N3O2+. The standard InChI is InChI=1S/C18H29N3O2/c1-4-15(3)19-18(22)14-20-10-12-21(13-11-20)16-8-6-7-9-17(16)23-5-2/h6-9,15H,4-5,10-14H2,1-3H3,(H,19,22)/p+1/t15-/m1/s1. The molecule has 128 valence electrons. The molecule has 0 bridgehead atoms. The molecule has 1 fully saturated rings. The van der Waals surface area contributed by atoms with Crippen LogP contribution in [0, 0.1) is 0 Å². The van der Waals surface area contributed by atoms with Crippen LogP contribution in [0.25, 0.3) is 0 Å². The first-order valence-corrected chi connectivity index (χ1v) is 8.73. The van der Waals surface area contributed by atoms with Crippen molar-refractivity contribution in [2.75, 3.05) is 44.2 Å². The molecule has 5 nitrogen and oxygen atoms in total. The fourth-order valence-electron chi connectivity index (χ4n) is 2.89. The lowest BCUT2D eigenvalue weighted by molar-refractivity contribution is -0.892. The second-order valence-corrected chi connectivity index (χ2v) is 6.19. The van der Waals surface area contributed by atoms with E-state index in [0.29, 0.717) is 13.2 Å². The lowest BCUT2D eigenvalue weighted by atomic mass is 10.2. The van der Waals surface area contributed by atoms with Crippen molar-refractivity contribution >= 4 is 11.6 Å². The second-order valence-electron chi connectivity index (χ2n) is 6.19. The molecule has 1 aromatic carbocycles. The Bertz CT molecular complexity index is 499. The molecule has 1 saturated heterocycles. The van der Waals surface area contributed by atoms with Crippen LogP contribution in [0.2, 0.25) is 0 Å². The molecule has 1 aliphatic rings. The molecule has 1 amide bonds. The number of hydrogen-bond donors (Lipinski definition) is 2. The Morgan fingerprint density at radius 1 is 1.30 bits per heavy atom. The highest BCUT2D eigenvalue weighted by atomic mass is 16.5. The molecule has 0 radical (unpaired) electrons. The molecule has 0 saturated carbocycles. The summed E-state index contributed by atoms with van der Waals surface area (Å²) in [6, 6.07) is 8.47. The van der Waals surface area contributed by atoms with Crippen LogP contribution in [-0.2, 0) is 4.79 Å². The highest BCUT2D eigenvalue weighted by Crippen LogP contribution is 2.27. The maximum atomic E-state index is 12.0. The van der Waals surface area contributed by atoms with Gasteiger partial charge in [-0.1, -0.05) is 19.1 Å². The Hall–Kier alpha value is -1.75. The van der Waals surface area contributed by atoms with Crippen LogP contribution in [0.1, 0.15) is 27.2 Å². The van der Waals surface area contributed by atoms with Crippen LogP contribution in [0.15, 0.2) is 24.3 Å². The Labute approximate surface area is 139 Å². The number of nitrogens with one attached hydrogen (secondary N) is 2. The number of quaternary nitrogens is 1. The number of hydrogen-bond acceptors (Lipinski definition) is 3. The first-order valence-electron chi connectivity index (χ1n) is 8.73. The molecule has 1 heterocycles. The number of rotatable bonds is 7. The summed E-state index contributed by atoms with van der Waals surface area (Å²) >= 11 is 0. The molecule has 23 heavy (non-hydrogen) atoms. The number of piperazine rings is 1. The largest absolute Gasteiger partial charge is 0.492 e. The number of amides is 1. The number of carbonyl (C=O) groups is 1. The van der Waals surface area contributed by atoms with Gasteiger partial charge in [0.1, 0.15) is 5.75 Å². The van der Waals surface area contributed by atoms with Gasteiger partial charge in [-0.25, -0.2) is 0 Å². The lowest BCUT2D eigenvalue weighted by Gasteiger charge is -2.34. The molecule has 5 heteroatoms. The minimum absolute atomic E-state index is 0.164. The van der Waals surface area contributed by atoms with Gasteiger partial charge in [-0.3, -0.25) is 4.79 Å². The fourth-order valence-corrected chi connectivity index (χ4v) is 2.89. The van der Waals surface area contributed by atoms with Gasteiger partial charge in [0.05, 0.1) is 38.5 Å². The Kier molecular flexibility index (Phi) is 6.71. The molecule has 1 aromatic rings. The van der Waals surface area contributed by atoms with E-state index in [1.54, 1.807) is 0 Å². The maximum absolute atomic E-state index is 12.0. The zero-order chi connectivity index (χ0) is 16.7. The van der Waals surface area contributed by atoms with Crippen LogP contribution in [0.3, 0.4) is 0 Å². The minimum atomic E-state index is 0.164. The number of para-hydroxylation sites is 2. The van der Waals surface area contributed by atoms with Gasteiger partial charge in [-0.2, -0.15) is 0 Å². The van der Waals surface area contributed by atoms with Gasteiger partial charge in [0.2, 0.25) is 0 Å². The summed E-state index contributed by atoms with van der Waals surface area (Å²) in [5.74, 6) is 1.12. The zero-order valence-corrected chi connectivity index (χ0v) is 14.6. The summed E-state index contributed by atoms with van der Waals surface area (Å²) < 4.78 is 5.73. The Balaban J connectivity index is 1.85. The topological polar surface area (TPSA) is 46.0 Å². The van der Waals surface area contributed by atoms with Crippen molar-refractivity contribution in [3.63, 3.8) is 0 Å². The van der Waals surface area contributed by atoms with E-state index in [1.165, 1.54) is 4.90 Å². The van der Waals surface area contributed by atoms with Crippen LogP contribution in [0.5, 0.6) is 5.75 Å². The summed E-state index contributed by atoms with van der Waals surface area (Å²) in [6.45, 7) is 11.3. The van der Waals surface area contributed by atoms with Gasteiger partial charge in [-0.05, 0) is 32.4 Å². The van der Waals surface area contributed by atoms with E-state index in [-0.39, 0.29) is 11.9 Å². The van der Waals surface area contributed by atoms with Crippen molar-refractivity contribution in [1.82, 2.24) is 5.32 Å². The molecule has 1 aliphatic heterocycles. The molecule has 0 aromatic heterocycles. The van der Waals surface area contributed by atoms with E-state index in [2.05, 4.69) is 36.2 Å². The van der Waals surface area contributed by atoms with Crippen LogP contribution >= 0.6 is 0 Å². The Morgan fingerprint density at radius 2 is 2.00 bits per heavy atom. The predicted molar refractivity (Wildman–Crippen MR) is 93.3 cm³/mol. The lowest BCUT2D eigenvalue weighted by Crippen LogP contribution is -3.16. The third-order valence-electron chi connectivity index (χ3n) is 4.41. The number of ether oxygens (including phenoxy) is 1. The van der Waals surface area contributed by atoms with Gasteiger partial charge in [0.25, 0.3) is 5.91 Å². The van der Waals surface area contributed by atoms with Gasteiger partial charge in [0, 0.05) is 6.04 Å². The summed E-state index contributed by atoms with van der Waals surface area (Å²) in [4.78, 5) is 15.7. The number of nitrogens with zero attached hydrogens (tertiary/aromatic N) is 1. The van der Waals surface area contributed by atoms with E-state index >= 15 is 0 Å². The average molecular weight is 320 g/mol. The van der Waals surface area contributed by atoms with E-state index in [4.69, 9.17) is 4.74 Å². The normalized spacial score (nSPS) is 16.9. The molecule has 1 atom stereocenters. The van der Waals surface area contributed by atoms with E-state index in [1.807, 2.05) is 19.1 Å². The zero-order valence-electron chi connectivity index (χ0n) is 14.6. The van der Waals surface area contributed by atoms with Crippen molar-refractivity contribution in [2.24, 2.45) is 0 Å². The van der Waals surface area contributed by atoms with Crippen molar-refractivity contribution in [3.05, 3.63) is 24.3 Å². The van der Waals surface area contributed by atoms with Crippen molar-refractivity contribution < 1.29 is 14.4 Å². The highest BCUT2D eigenvalue weighted by molar-refractivity contribution is 5.77. The SMILES string of the molecule is CCOc1ccccc1N1CC[NH+](CC(=O)N[C@H](C)CC)CC1. The second kappa shape index (κ2) is 8.77. The summed E-state index contributed by atoms with van der Waals surface area (Å²) in [5.41, 5.74) is 1.16. The van der Waals surface area contributed by atoms with Crippen molar-refractivity contribution in [2.45, 2.75) is 33.2 Å². The molecule has 0 spiro atoms.